The molecule has 2 rings (SSSR count). The van der Waals surface area contributed by atoms with Gasteiger partial charge in [-0.1, -0.05) is 0 Å². The van der Waals surface area contributed by atoms with Gasteiger partial charge >= 0.3 is 0 Å². The van der Waals surface area contributed by atoms with Gasteiger partial charge in [0.1, 0.15) is 0 Å². The van der Waals surface area contributed by atoms with E-state index in [9.17, 15) is 9.59 Å². The van der Waals surface area contributed by atoms with Crippen LogP contribution >= 0.6 is 11.8 Å². The number of nitrogens with zero attached hydrogens (tertiary/aromatic N) is 1. The van der Waals surface area contributed by atoms with E-state index in [0.717, 1.165) is 31.6 Å². The van der Waals surface area contributed by atoms with Gasteiger partial charge in [-0.05, 0) is 19.3 Å². The number of carbonyl (C=O) groups is 2. The van der Waals surface area contributed by atoms with Crippen LogP contribution in [0, 0.1) is 0 Å². The molecule has 0 aromatic heterocycles. The van der Waals surface area contributed by atoms with E-state index in [1.807, 2.05) is 0 Å². The van der Waals surface area contributed by atoms with E-state index in [-0.39, 0.29) is 11.8 Å². The Labute approximate surface area is 99.7 Å². The van der Waals surface area contributed by atoms with Crippen LogP contribution in [0.3, 0.4) is 0 Å². The summed E-state index contributed by atoms with van der Waals surface area (Å²) in [5.41, 5.74) is 0. The zero-order chi connectivity index (χ0) is 11.4. The fraction of sp³-hybridized carbons (Fsp3) is 0.818. The fourth-order valence-electron chi connectivity index (χ4n) is 2.04. The summed E-state index contributed by atoms with van der Waals surface area (Å²) in [5, 5.41) is 0. The molecule has 0 saturated carbocycles. The normalized spacial score (nSPS) is 25.4. The molecule has 2 heterocycles. The van der Waals surface area contributed by atoms with Crippen molar-refractivity contribution in [1.29, 1.82) is 0 Å². The zero-order valence-electron chi connectivity index (χ0n) is 9.31. The van der Waals surface area contributed by atoms with Crippen LogP contribution in [-0.4, -0.2) is 47.5 Å². The third kappa shape index (κ3) is 2.98. The molecule has 0 unspecified atom stereocenters. The Morgan fingerprint density at radius 2 is 2.38 bits per heavy atom. The summed E-state index contributed by atoms with van der Waals surface area (Å²) in [4.78, 5) is 24.4. The minimum absolute atomic E-state index is 0.0114. The Morgan fingerprint density at radius 1 is 1.50 bits per heavy atom. The summed E-state index contributed by atoms with van der Waals surface area (Å²) >= 11 is 1.58. The van der Waals surface area contributed by atoms with Crippen molar-refractivity contribution in [2.75, 3.05) is 24.7 Å². The van der Waals surface area contributed by atoms with Gasteiger partial charge in [0.2, 0.25) is 11.8 Å². The molecular formula is C11H17NO3S. The van der Waals surface area contributed by atoms with Crippen molar-refractivity contribution in [2.45, 2.75) is 31.8 Å². The molecule has 2 fully saturated rings. The highest BCUT2D eigenvalue weighted by Gasteiger charge is 2.26. The summed E-state index contributed by atoms with van der Waals surface area (Å²) in [6.45, 7) is 1.46. The zero-order valence-corrected chi connectivity index (χ0v) is 10.1. The van der Waals surface area contributed by atoms with Gasteiger partial charge in [0.25, 0.3) is 0 Å². The van der Waals surface area contributed by atoms with E-state index in [4.69, 9.17) is 4.74 Å². The first-order chi connectivity index (χ1) is 7.77. The molecule has 90 valence electrons. The van der Waals surface area contributed by atoms with Crippen molar-refractivity contribution in [3.63, 3.8) is 0 Å². The standard InChI is InChI=1S/C11H17NO3S/c13-10-4-1-5-12(10)11(14)8-16-7-9-3-2-6-15-9/h9H,1-8H2/t9-/m0/s1. The van der Waals surface area contributed by atoms with Gasteiger partial charge in [0.05, 0.1) is 11.9 Å². The first-order valence-corrected chi connectivity index (χ1v) is 6.95. The number of rotatable bonds is 4. The summed E-state index contributed by atoms with van der Waals surface area (Å²) in [7, 11) is 0. The van der Waals surface area contributed by atoms with Gasteiger partial charge in [-0.15, -0.1) is 11.8 Å². The molecule has 16 heavy (non-hydrogen) atoms. The third-order valence-corrected chi connectivity index (χ3v) is 3.99. The van der Waals surface area contributed by atoms with E-state index in [0.29, 0.717) is 24.8 Å². The van der Waals surface area contributed by atoms with E-state index in [1.165, 1.54) is 4.90 Å². The monoisotopic (exact) mass is 243 g/mol. The molecule has 2 aliphatic rings. The molecular weight excluding hydrogens is 226 g/mol. The largest absolute Gasteiger partial charge is 0.377 e. The number of likely N-dealkylation sites (tertiary alicyclic amines) is 1. The average Bonchev–Trinajstić information content (AvgIpc) is 2.88. The van der Waals surface area contributed by atoms with Crippen LogP contribution in [-0.2, 0) is 14.3 Å². The van der Waals surface area contributed by atoms with Crippen LogP contribution in [0.15, 0.2) is 0 Å². The number of ether oxygens (including phenoxy) is 1. The van der Waals surface area contributed by atoms with Gasteiger partial charge in [-0.2, -0.15) is 0 Å². The van der Waals surface area contributed by atoms with Crippen molar-refractivity contribution in [2.24, 2.45) is 0 Å². The Kier molecular flexibility index (Phi) is 4.23. The van der Waals surface area contributed by atoms with Gasteiger partial charge in [0, 0.05) is 25.3 Å². The minimum atomic E-state index is -0.0366. The number of amides is 2. The van der Waals surface area contributed by atoms with Crippen LogP contribution in [0.4, 0.5) is 0 Å². The summed E-state index contributed by atoms with van der Waals surface area (Å²) < 4.78 is 5.47. The number of thioether (sulfide) groups is 1. The van der Waals surface area contributed by atoms with Crippen LogP contribution < -0.4 is 0 Å². The Morgan fingerprint density at radius 3 is 3.00 bits per heavy atom. The van der Waals surface area contributed by atoms with Crippen molar-refractivity contribution in [3.8, 4) is 0 Å². The molecule has 4 nitrogen and oxygen atoms in total. The Hall–Kier alpha value is -0.550. The van der Waals surface area contributed by atoms with Gasteiger partial charge < -0.3 is 4.74 Å². The molecule has 2 amide bonds. The number of hydrogen-bond donors (Lipinski definition) is 0. The Balaban J connectivity index is 1.65. The topological polar surface area (TPSA) is 46.6 Å². The van der Waals surface area contributed by atoms with Crippen molar-refractivity contribution in [3.05, 3.63) is 0 Å². The van der Waals surface area contributed by atoms with Gasteiger partial charge in [-0.3, -0.25) is 14.5 Å². The lowest BCUT2D eigenvalue weighted by Gasteiger charge is -2.14. The maximum absolute atomic E-state index is 11.7. The lowest BCUT2D eigenvalue weighted by atomic mass is 10.3. The average molecular weight is 243 g/mol. The number of hydrogen-bond acceptors (Lipinski definition) is 4. The molecule has 0 aromatic carbocycles. The first-order valence-electron chi connectivity index (χ1n) is 5.80. The molecule has 0 aliphatic carbocycles. The number of imide groups is 1. The minimum Gasteiger partial charge on any atom is -0.377 e. The highest BCUT2D eigenvalue weighted by molar-refractivity contribution is 7.99. The molecule has 2 aliphatic heterocycles. The second-order valence-electron chi connectivity index (χ2n) is 4.19. The van der Waals surface area contributed by atoms with Crippen LogP contribution in [0.2, 0.25) is 0 Å². The van der Waals surface area contributed by atoms with E-state index < -0.39 is 0 Å². The van der Waals surface area contributed by atoms with Crippen LogP contribution in [0.25, 0.3) is 0 Å². The molecule has 2 saturated heterocycles. The van der Waals surface area contributed by atoms with Crippen LogP contribution in [0.1, 0.15) is 25.7 Å². The highest BCUT2D eigenvalue weighted by atomic mass is 32.2. The summed E-state index contributed by atoms with van der Waals surface area (Å²) in [6, 6.07) is 0. The second-order valence-corrected chi connectivity index (χ2v) is 5.22. The van der Waals surface area contributed by atoms with Crippen molar-refractivity contribution in [1.82, 2.24) is 4.90 Å². The molecule has 5 heteroatoms. The maximum Gasteiger partial charge on any atom is 0.239 e. The van der Waals surface area contributed by atoms with Gasteiger partial charge in [-0.25, -0.2) is 0 Å². The first kappa shape index (κ1) is 11.9. The van der Waals surface area contributed by atoms with E-state index in [2.05, 4.69) is 0 Å². The smallest absolute Gasteiger partial charge is 0.239 e. The SMILES string of the molecule is O=C1CCCN1C(=O)CSC[C@@H]1CCCO1. The summed E-state index contributed by atoms with van der Waals surface area (Å²) in [5.74, 6) is 1.23. The quantitative estimate of drug-likeness (QED) is 0.740. The molecule has 0 N–H and O–H groups in total. The second kappa shape index (κ2) is 5.68. The highest BCUT2D eigenvalue weighted by Crippen LogP contribution is 2.18. The fourth-order valence-corrected chi connectivity index (χ4v) is 3.02. The van der Waals surface area contributed by atoms with Gasteiger partial charge in [0.15, 0.2) is 0 Å². The Bertz CT molecular complexity index is 276. The molecule has 0 radical (unpaired) electrons. The van der Waals surface area contributed by atoms with Crippen LogP contribution in [0.5, 0.6) is 0 Å². The lowest BCUT2D eigenvalue weighted by molar-refractivity contribution is -0.140. The lowest BCUT2D eigenvalue weighted by Crippen LogP contribution is -2.33. The molecule has 0 bridgehead atoms. The number of carbonyl (C=O) groups excluding carboxylic acids is 2. The predicted molar refractivity (Wildman–Crippen MR) is 62.3 cm³/mol. The molecule has 0 spiro atoms. The third-order valence-electron chi connectivity index (χ3n) is 2.93. The van der Waals surface area contributed by atoms with E-state index in [1.54, 1.807) is 11.8 Å². The predicted octanol–water partition coefficient (Wildman–Crippen LogP) is 1.05. The maximum atomic E-state index is 11.7. The van der Waals surface area contributed by atoms with E-state index >= 15 is 0 Å². The molecule has 1 atom stereocenters. The van der Waals surface area contributed by atoms with Crippen molar-refractivity contribution < 1.29 is 14.3 Å². The van der Waals surface area contributed by atoms with Crippen molar-refractivity contribution >= 4 is 23.6 Å². The summed E-state index contributed by atoms with van der Waals surface area (Å²) in [6.07, 6.45) is 3.89. The molecule has 0 aromatic rings.